The van der Waals surface area contributed by atoms with Crippen molar-refractivity contribution in [3.8, 4) is 0 Å². The molecule has 0 spiro atoms. The first kappa shape index (κ1) is 68.9. The molecule has 0 atom stereocenters. The molecule has 0 unspecified atom stereocenters. The average molecular weight is 1250 g/mol. The molecule has 1 rings (SSSR count). The zero-order chi connectivity index (χ0) is 61.0. The maximum absolute atomic E-state index is 14.7. The number of sulfone groups is 2. The molecule has 1 fully saturated rings. The van der Waals surface area contributed by atoms with Gasteiger partial charge in [-0.2, -0.15) is 184 Å². The molecule has 0 radical (unpaired) electrons. The third kappa shape index (κ3) is 8.20. The number of alkyl halides is 42. The maximum atomic E-state index is 14.7. The molecule has 5 nitrogen and oxygen atoms in total. The van der Waals surface area contributed by atoms with Crippen molar-refractivity contribution in [2.75, 3.05) is 24.7 Å². The summed E-state index contributed by atoms with van der Waals surface area (Å²) in [6, 6.07) is 0. The minimum atomic E-state index is -9.97. The lowest BCUT2D eigenvalue weighted by Crippen LogP contribution is -2.77. The van der Waals surface area contributed by atoms with Gasteiger partial charge in [-0.3, -0.25) is 0 Å². The minimum Gasteiger partial charge on any atom is -0.380 e. The summed E-state index contributed by atoms with van der Waals surface area (Å²) < 4.78 is 627. The second-order valence-electron chi connectivity index (χ2n) is 14.7. The molecule has 0 N–H and O–H groups in total. The van der Waals surface area contributed by atoms with E-state index in [2.05, 4.69) is 4.74 Å². The van der Waals surface area contributed by atoms with Crippen molar-refractivity contribution >= 4 is 19.7 Å². The summed E-state index contributed by atoms with van der Waals surface area (Å²) in [5, 5.41) is -17.9. The summed E-state index contributed by atoms with van der Waals surface area (Å²) in [5.41, 5.74) is -4.80. The molecule has 0 bridgehead atoms. The van der Waals surface area contributed by atoms with Crippen LogP contribution in [0.5, 0.6) is 0 Å². The van der Waals surface area contributed by atoms with Gasteiger partial charge < -0.3 is 4.74 Å². The van der Waals surface area contributed by atoms with Gasteiger partial charge in [0.05, 0.1) is 24.7 Å². The van der Waals surface area contributed by atoms with Crippen LogP contribution >= 0.6 is 0 Å². The predicted octanol–water partition coefficient (Wildman–Crippen LogP) is 12.3. The van der Waals surface area contributed by atoms with Crippen LogP contribution in [0.15, 0.2) is 0 Å². The smallest absolute Gasteiger partial charge is 0.380 e. The summed E-state index contributed by atoms with van der Waals surface area (Å²) in [6.45, 7) is -5.53. The van der Waals surface area contributed by atoms with E-state index >= 15 is 0 Å². The molecule has 49 heteroatoms. The molecule has 1 saturated heterocycles. The molecule has 0 aromatic rings. The largest absolute Gasteiger partial charge is 0.460 e. The molecule has 444 valence electrons. The van der Waals surface area contributed by atoms with Crippen molar-refractivity contribution in [1.82, 2.24) is 0 Å². The normalized spacial score (nSPS) is 18.7. The Kier molecular flexibility index (Phi) is 15.8. The molecule has 0 aromatic heterocycles. The van der Waals surface area contributed by atoms with E-state index in [1.165, 1.54) is 0 Å². The van der Waals surface area contributed by atoms with Crippen molar-refractivity contribution in [2.24, 2.45) is 5.41 Å². The number of hydrogen-bond donors (Lipinski definition) is 0. The highest BCUT2D eigenvalue weighted by Gasteiger charge is 3.01. The summed E-state index contributed by atoms with van der Waals surface area (Å²) >= 11 is 0. The highest BCUT2D eigenvalue weighted by molar-refractivity contribution is 7.93. The third-order valence-electron chi connectivity index (χ3n) is 9.55. The predicted molar refractivity (Wildman–Crippen MR) is 142 cm³/mol. The van der Waals surface area contributed by atoms with E-state index in [1.54, 1.807) is 0 Å². The van der Waals surface area contributed by atoms with E-state index in [0.717, 1.165) is 0 Å². The lowest BCUT2D eigenvalue weighted by atomic mass is 9.87. The van der Waals surface area contributed by atoms with Gasteiger partial charge in [-0.05, 0) is 0 Å². The second kappa shape index (κ2) is 17.0. The maximum Gasteiger partial charge on any atom is 0.460 e. The monoisotopic (exact) mass is 1250 g/mol. The Morgan fingerprint density at radius 1 is 0.243 bits per heavy atom. The molecule has 1 aliphatic rings. The minimum absolute atomic E-state index is 2.76. The van der Waals surface area contributed by atoms with Crippen LogP contribution in [-0.4, -0.2) is 159 Å². The van der Waals surface area contributed by atoms with Crippen LogP contribution in [0.3, 0.4) is 0 Å². The van der Waals surface area contributed by atoms with Crippen molar-refractivity contribution < 1.29 is 206 Å². The topological polar surface area (TPSA) is 77.5 Å². The Morgan fingerprint density at radius 3 is 0.500 bits per heavy atom. The van der Waals surface area contributed by atoms with E-state index < -0.39 is 167 Å². The van der Waals surface area contributed by atoms with Gasteiger partial charge in [0.25, 0.3) is 0 Å². The standard InChI is InChI=1S/C25H8F42O5S2/c26-6(27,10(34,35)14(42,43)18(50,51)22(58,59)60)8(30,31)12(38,39)16(46,47)20(54,55)24(64,65)73(68,69)3-5(1-72-2-5)4-74(70,71)25(66,67)21(56,57)17(48,49)13(40,41)9(32,33)7(28,29)11(36,37)15(44,45)19(52,53)23(61,62)63/h1-4H2. The Balaban J connectivity index is 3.99. The van der Waals surface area contributed by atoms with E-state index in [9.17, 15) is 201 Å². The van der Waals surface area contributed by atoms with E-state index in [1.807, 2.05) is 0 Å². The first-order valence-corrected chi connectivity index (χ1v) is 19.4. The molecule has 1 aliphatic heterocycles. The number of rotatable bonds is 22. The Labute approximate surface area is 374 Å². The fourth-order valence-corrected chi connectivity index (χ4v) is 8.74. The number of ether oxygens (including phenoxy) is 1. The lowest BCUT2D eigenvalue weighted by molar-refractivity contribution is -0.472. The van der Waals surface area contributed by atoms with E-state index in [0.29, 0.717) is 0 Å². The van der Waals surface area contributed by atoms with Crippen LogP contribution in [0, 0.1) is 5.41 Å². The first-order chi connectivity index (χ1) is 31.1. The lowest BCUT2D eigenvalue weighted by Gasteiger charge is -2.46. The van der Waals surface area contributed by atoms with Crippen LogP contribution in [0.1, 0.15) is 0 Å². The van der Waals surface area contributed by atoms with Crippen LogP contribution in [0.4, 0.5) is 184 Å². The molecular formula is C25H8F42O5S2. The SMILES string of the molecule is O=S(=O)(CC1(CS(=O)(=O)C(F)(F)C(F)(F)C(F)(F)C(F)(F)C(F)(F)C(F)(F)C(F)(F)C(F)(F)C(F)(F)C(F)(F)F)COC1)C(F)(F)C(F)(F)C(F)(F)C(F)(F)C(F)(F)C(F)(F)C(F)(F)C(F)(F)C(F)(F)C(F)(F)F. The summed E-state index contributed by atoms with van der Waals surface area (Å²) in [4.78, 5) is 0. The zero-order valence-corrected chi connectivity index (χ0v) is 33.7. The molecule has 0 amide bonds. The van der Waals surface area contributed by atoms with E-state index in [4.69, 9.17) is 0 Å². The first-order valence-electron chi connectivity index (χ1n) is 16.1. The number of hydrogen-bond acceptors (Lipinski definition) is 5. The van der Waals surface area contributed by atoms with Gasteiger partial charge in [-0.15, -0.1) is 0 Å². The summed E-state index contributed by atoms with van der Waals surface area (Å²) in [5.74, 6) is -163. The third-order valence-corrected chi connectivity index (χ3v) is 13.6. The zero-order valence-electron chi connectivity index (χ0n) is 32.1. The Bertz CT molecular complexity index is 2160. The fraction of sp³-hybridized carbons (Fsp3) is 1.00. The van der Waals surface area contributed by atoms with Crippen LogP contribution in [0.2, 0.25) is 0 Å². The fourth-order valence-electron chi connectivity index (χ4n) is 5.06. The van der Waals surface area contributed by atoms with Crippen molar-refractivity contribution in [3.05, 3.63) is 0 Å². The van der Waals surface area contributed by atoms with Gasteiger partial charge in [-0.25, -0.2) is 16.8 Å². The molecular weight excluding hydrogens is 1240 g/mol. The summed E-state index contributed by atoms with van der Waals surface area (Å²) in [7, 11) is -17.9. The van der Waals surface area contributed by atoms with Crippen LogP contribution in [-0.2, 0) is 24.4 Å². The summed E-state index contributed by atoms with van der Waals surface area (Å²) in [6.07, 6.45) is -16.9. The van der Waals surface area contributed by atoms with Gasteiger partial charge >= 0.3 is 118 Å². The van der Waals surface area contributed by atoms with Gasteiger partial charge in [-0.1, -0.05) is 0 Å². The van der Waals surface area contributed by atoms with Crippen molar-refractivity contribution in [3.63, 3.8) is 0 Å². The van der Waals surface area contributed by atoms with Crippen molar-refractivity contribution in [2.45, 2.75) is 118 Å². The van der Waals surface area contributed by atoms with Gasteiger partial charge in [0.2, 0.25) is 19.7 Å². The van der Waals surface area contributed by atoms with E-state index in [-0.39, 0.29) is 0 Å². The highest BCUT2D eigenvalue weighted by atomic mass is 32.2. The molecule has 0 saturated carbocycles. The average Bonchev–Trinajstić information content (AvgIpc) is 3.14. The van der Waals surface area contributed by atoms with Gasteiger partial charge in [0.15, 0.2) is 0 Å². The van der Waals surface area contributed by atoms with Crippen LogP contribution in [0.25, 0.3) is 0 Å². The molecule has 74 heavy (non-hydrogen) atoms. The molecule has 0 aliphatic carbocycles. The van der Waals surface area contributed by atoms with Crippen molar-refractivity contribution in [1.29, 1.82) is 0 Å². The van der Waals surface area contributed by atoms with Gasteiger partial charge in [0, 0.05) is 5.41 Å². The quantitative estimate of drug-likeness (QED) is 0.101. The number of halogens is 42. The Hall–Kier alpha value is -3.08. The van der Waals surface area contributed by atoms with Crippen LogP contribution < -0.4 is 0 Å². The highest BCUT2D eigenvalue weighted by Crippen LogP contribution is 2.69. The van der Waals surface area contributed by atoms with Gasteiger partial charge in [0.1, 0.15) is 0 Å². The molecule has 0 aromatic carbocycles. The second-order valence-corrected chi connectivity index (χ2v) is 18.8. The Morgan fingerprint density at radius 2 is 0.378 bits per heavy atom. The molecule has 1 heterocycles.